The number of carboxylic acid groups (broad SMARTS) is 1. The Morgan fingerprint density at radius 1 is 0.980 bits per heavy atom. The number of halogens is 5. The number of hydrogen-bond donors (Lipinski definition) is 2. The second-order valence-corrected chi connectivity index (χ2v) is 12.5. The van der Waals surface area contributed by atoms with Gasteiger partial charge in [-0.15, -0.1) is 38.0 Å². The van der Waals surface area contributed by atoms with E-state index in [-0.39, 0.29) is 49.0 Å². The topological polar surface area (TPSA) is 123 Å². The molecule has 3 aromatic rings. The molecule has 0 radical (unpaired) electrons. The lowest BCUT2D eigenvalue weighted by Gasteiger charge is -2.37. The highest BCUT2D eigenvalue weighted by Gasteiger charge is 2.31. The van der Waals surface area contributed by atoms with E-state index in [0.717, 1.165) is 98.6 Å². The molecule has 3 N–H and O–H groups in total. The number of nitrogens with zero attached hydrogens (tertiary/aromatic N) is 4. The molecule has 15 heteroatoms. The van der Waals surface area contributed by atoms with Crippen LogP contribution < -0.4 is 20.1 Å². The maximum Gasteiger partial charge on any atom is 0.573 e. The molecule has 1 saturated heterocycles. The number of anilines is 2. The summed E-state index contributed by atoms with van der Waals surface area (Å²) in [6.07, 6.45) is 0.307. The summed E-state index contributed by atoms with van der Waals surface area (Å²) in [6.45, 7) is 5.68. The van der Waals surface area contributed by atoms with E-state index in [4.69, 9.17) is 15.2 Å². The quantitative estimate of drug-likeness (QED) is 0.222. The molecule has 0 spiro atoms. The fourth-order valence-electron chi connectivity index (χ4n) is 6.81. The van der Waals surface area contributed by atoms with Gasteiger partial charge in [-0.2, -0.15) is 4.98 Å². The van der Waals surface area contributed by atoms with E-state index in [1.807, 2.05) is 18.2 Å². The summed E-state index contributed by atoms with van der Waals surface area (Å²) in [5.74, 6) is 0.917. The van der Waals surface area contributed by atoms with Crippen molar-refractivity contribution in [3.63, 3.8) is 0 Å². The van der Waals surface area contributed by atoms with Crippen molar-refractivity contribution in [2.24, 2.45) is 11.8 Å². The number of aromatic nitrogens is 2. The van der Waals surface area contributed by atoms with Crippen LogP contribution in [0.15, 0.2) is 42.5 Å². The van der Waals surface area contributed by atoms with Gasteiger partial charge >= 0.3 is 12.3 Å². The number of alkyl halides is 3. The summed E-state index contributed by atoms with van der Waals surface area (Å²) in [6, 6.07) is 11.5. The normalized spacial score (nSPS) is 19.1. The lowest BCUT2D eigenvalue weighted by atomic mass is 9.82. The van der Waals surface area contributed by atoms with Gasteiger partial charge in [-0.3, -0.25) is 9.69 Å². The predicted octanol–water partition coefficient (Wildman–Crippen LogP) is 6.18. The molecule has 2 atom stereocenters. The number of carbonyl (C=O) groups is 1. The zero-order chi connectivity index (χ0) is 33.0. The molecule has 49 heavy (non-hydrogen) atoms. The van der Waals surface area contributed by atoms with E-state index in [0.29, 0.717) is 31.3 Å². The van der Waals surface area contributed by atoms with Crippen molar-refractivity contribution in [3.8, 4) is 22.8 Å². The fraction of sp³-hybridized carbons (Fsp3) is 0.500. The van der Waals surface area contributed by atoms with Crippen molar-refractivity contribution in [1.82, 2.24) is 14.9 Å². The molecule has 0 unspecified atom stereocenters. The molecule has 1 saturated carbocycles. The molecule has 10 nitrogen and oxygen atoms in total. The van der Waals surface area contributed by atoms with Crippen molar-refractivity contribution >= 4 is 42.5 Å². The number of hydrogen-bond acceptors (Lipinski definition) is 9. The molecule has 6 rings (SSSR count). The van der Waals surface area contributed by atoms with Gasteiger partial charge in [-0.1, -0.05) is 18.6 Å². The van der Waals surface area contributed by atoms with Crippen LogP contribution in [0.1, 0.15) is 42.4 Å². The highest BCUT2D eigenvalue weighted by atomic mass is 35.5. The van der Waals surface area contributed by atoms with Crippen LogP contribution in [0.2, 0.25) is 0 Å². The van der Waals surface area contributed by atoms with Gasteiger partial charge in [-0.05, 0) is 79.5 Å². The lowest BCUT2D eigenvalue weighted by Crippen LogP contribution is -2.48. The van der Waals surface area contributed by atoms with Gasteiger partial charge in [0.05, 0.1) is 18.2 Å². The van der Waals surface area contributed by atoms with E-state index in [9.17, 15) is 23.1 Å². The van der Waals surface area contributed by atoms with Crippen molar-refractivity contribution in [3.05, 3.63) is 59.2 Å². The highest BCUT2D eigenvalue weighted by Crippen LogP contribution is 2.39. The third-order valence-corrected chi connectivity index (χ3v) is 9.25. The van der Waals surface area contributed by atoms with E-state index in [2.05, 4.69) is 24.5 Å². The summed E-state index contributed by atoms with van der Waals surface area (Å²) >= 11 is 0. The van der Waals surface area contributed by atoms with Gasteiger partial charge in [0.25, 0.3) is 0 Å². The fourth-order valence-corrected chi connectivity index (χ4v) is 6.81. The summed E-state index contributed by atoms with van der Waals surface area (Å²) in [5.41, 5.74) is 10.9. The van der Waals surface area contributed by atoms with Crippen LogP contribution >= 0.6 is 24.8 Å². The smallest absolute Gasteiger partial charge is 0.489 e. The van der Waals surface area contributed by atoms with Crippen LogP contribution in [0.3, 0.4) is 0 Å². The summed E-state index contributed by atoms with van der Waals surface area (Å²) in [5, 5.41) is 9.32. The number of piperazine rings is 1. The molecule has 0 bridgehead atoms. The van der Waals surface area contributed by atoms with Crippen LogP contribution in [0, 0.1) is 11.8 Å². The minimum Gasteiger partial charge on any atom is -0.489 e. The number of aryl methyl sites for hydroxylation is 1. The molecule has 0 amide bonds. The molecule has 268 valence electrons. The summed E-state index contributed by atoms with van der Waals surface area (Å²) in [7, 11) is 0. The summed E-state index contributed by atoms with van der Waals surface area (Å²) in [4.78, 5) is 25.3. The molecule has 1 aromatic heterocycles. The second kappa shape index (κ2) is 16.9. The Morgan fingerprint density at radius 2 is 1.71 bits per heavy atom. The van der Waals surface area contributed by atoms with Crippen LogP contribution in [-0.4, -0.2) is 78.2 Å². The van der Waals surface area contributed by atoms with Gasteiger partial charge < -0.3 is 30.0 Å². The molecule has 3 aliphatic rings. The monoisotopic (exact) mass is 727 g/mol. The number of ether oxygens (including phenoxy) is 3. The van der Waals surface area contributed by atoms with Gasteiger partial charge in [0, 0.05) is 50.5 Å². The SMILES string of the molecule is Cl.Cl.Nc1nc2c(c(N3CCN(CCOC[C@@H]4CCC[C@H](C(=O)O)C4)CC3)n1)CCc1cc(OCc3ccc(OC(F)(F)F)cc3)ccc1-2. The van der Waals surface area contributed by atoms with Crippen LogP contribution in [-0.2, 0) is 29.0 Å². The zero-order valence-electron chi connectivity index (χ0n) is 27.0. The van der Waals surface area contributed by atoms with Crippen LogP contribution in [0.25, 0.3) is 11.3 Å². The highest BCUT2D eigenvalue weighted by molar-refractivity contribution is 5.85. The van der Waals surface area contributed by atoms with Crippen LogP contribution in [0.4, 0.5) is 24.9 Å². The number of nitrogens with two attached hydrogens (primary N) is 1. The molecular weight excluding hydrogens is 686 g/mol. The average molecular weight is 729 g/mol. The van der Waals surface area contributed by atoms with Gasteiger partial charge in [0.2, 0.25) is 5.95 Å². The summed E-state index contributed by atoms with van der Waals surface area (Å²) < 4.78 is 53.2. The first kappa shape index (κ1) is 38.3. The van der Waals surface area contributed by atoms with Crippen molar-refractivity contribution in [2.45, 2.75) is 51.5 Å². The molecule has 2 aromatic carbocycles. The standard InChI is InChI=1S/C34H40F3N5O5.2ClH/c35-34(36,37)47-26-7-4-22(5-8-26)21-46-27-9-11-28-24(19-27)6-10-29-30(28)39-33(38)40-31(29)42-14-12-41(13-15-42)16-17-45-20-23-2-1-3-25(18-23)32(43)44;;/h4-5,7-9,11,19,23,25H,1-3,6,10,12-18,20-21H2,(H,43,44)(H2,38,39,40);2*1H/t23-,25+;;/m1../s1. The third kappa shape index (κ3) is 10.0. The Labute approximate surface area is 295 Å². The van der Waals surface area contributed by atoms with E-state index in [1.165, 1.54) is 12.1 Å². The number of nitrogen functional groups attached to an aromatic ring is 1. The number of benzene rings is 2. The third-order valence-electron chi connectivity index (χ3n) is 9.25. The Bertz CT molecular complexity index is 1560. The zero-order valence-corrected chi connectivity index (χ0v) is 28.6. The Hall–Kier alpha value is -3.52. The molecule has 2 heterocycles. The second-order valence-electron chi connectivity index (χ2n) is 12.5. The number of rotatable bonds is 11. The van der Waals surface area contributed by atoms with E-state index >= 15 is 0 Å². The number of aliphatic carboxylic acids is 1. The molecule has 2 fully saturated rings. The minimum atomic E-state index is -4.73. The largest absolute Gasteiger partial charge is 0.573 e. The number of carboxylic acids is 1. The van der Waals surface area contributed by atoms with Crippen LogP contribution in [0.5, 0.6) is 11.5 Å². The van der Waals surface area contributed by atoms with Crippen molar-refractivity contribution in [1.29, 1.82) is 0 Å². The Balaban J connectivity index is 0.00000270. The Morgan fingerprint density at radius 3 is 2.43 bits per heavy atom. The lowest BCUT2D eigenvalue weighted by molar-refractivity contribution is -0.274. The van der Waals surface area contributed by atoms with E-state index < -0.39 is 12.3 Å². The number of fused-ring (bicyclic) bond motifs is 3. The Kier molecular flexibility index (Phi) is 13.2. The maximum absolute atomic E-state index is 12.4. The first-order valence-electron chi connectivity index (χ1n) is 16.2. The molecule has 2 aliphatic carbocycles. The minimum absolute atomic E-state index is 0. The average Bonchev–Trinajstić information content (AvgIpc) is 3.05. The van der Waals surface area contributed by atoms with Crippen molar-refractivity contribution < 1.29 is 37.3 Å². The molecule has 1 aliphatic heterocycles. The van der Waals surface area contributed by atoms with Gasteiger partial charge in [-0.25, -0.2) is 4.98 Å². The first-order valence-corrected chi connectivity index (χ1v) is 16.2. The molecular formula is C34H42Cl2F3N5O5. The predicted molar refractivity (Wildman–Crippen MR) is 184 cm³/mol. The van der Waals surface area contributed by atoms with Gasteiger partial charge in [0.15, 0.2) is 0 Å². The first-order chi connectivity index (χ1) is 22.6. The van der Waals surface area contributed by atoms with Crippen molar-refractivity contribution in [2.75, 3.05) is 56.6 Å². The van der Waals surface area contributed by atoms with Gasteiger partial charge in [0.1, 0.15) is 23.9 Å². The van der Waals surface area contributed by atoms with E-state index in [1.54, 1.807) is 12.1 Å². The maximum atomic E-state index is 12.4.